The van der Waals surface area contributed by atoms with E-state index < -0.39 is 11.9 Å². The van der Waals surface area contributed by atoms with Crippen LogP contribution in [0, 0.1) is 30.1 Å². The van der Waals surface area contributed by atoms with Crippen LogP contribution in [0.25, 0.3) is 0 Å². The lowest BCUT2D eigenvalue weighted by atomic mass is 9.49. The van der Waals surface area contributed by atoms with E-state index in [1.54, 1.807) is 0 Å². The molecule has 4 nitrogen and oxygen atoms in total. The molecule has 26 heavy (non-hydrogen) atoms. The average molecular weight is 434 g/mol. The van der Waals surface area contributed by atoms with Crippen molar-refractivity contribution in [1.29, 1.82) is 0 Å². The maximum Gasteiger partial charge on any atom is 0.436 e. The number of aromatic nitrogens is 2. The molecule has 0 unspecified atom stereocenters. The number of alkyl halides is 3. The highest BCUT2D eigenvalue weighted by atomic mass is 79.9. The van der Waals surface area contributed by atoms with E-state index in [1.165, 1.54) is 45.4 Å². The van der Waals surface area contributed by atoms with Crippen molar-refractivity contribution in [2.75, 3.05) is 6.54 Å². The summed E-state index contributed by atoms with van der Waals surface area (Å²) >= 11 is 2.94. The third-order valence-corrected chi connectivity index (χ3v) is 7.47. The third-order valence-electron chi connectivity index (χ3n) is 6.52. The number of rotatable bonds is 4. The summed E-state index contributed by atoms with van der Waals surface area (Å²) in [7, 11) is 0. The van der Waals surface area contributed by atoms with E-state index in [-0.39, 0.29) is 22.3 Å². The van der Waals surface area contributed by atoms with Gasteiger partial charge in [-0.3, -0.25) is 9.48 Å². The normalized spacial score (nSPS) is 32.9. The van der Waals surface area contributed by atoms with Crippen LogP contribution >= 0.6 is 15.9 Å². The zero-order valence-corrected chi connectivity index (χ0v) is 16.3. The molecule has 4 aliphatic rings. The van der Waals surface area contributed by atoms with Gasteiger partial charge in [0, 0.05) is 6.54 Å². The van der Waals surface area contributed by atoms with Gasteiger partial charge in [-0.15, -0.1) is 0 Å². The molecule has 0 saturated heterocycles. The number of nitrogens with one attached hydrogen (secondary N) is 1. The summed E-state index contributed by atoms with van der Waals surface area (Å²) in [5, 5.41) is 6.57. The maximum atomic E-state index is 12.9. The summed E-state index contributed by atoms with van der Waals surface area (Å²) in [6.07, 6.45) is 3.04. The van der Waals surface area contributed by atoms with Crippen LogP contribution in [0.4, 0.5) is 13.2 Å². The highest BCUT2D eigenvalue weighted by molar-refractivity contribution is 9.10. The smallest absolute Gasteiger partial charge is 0.354 e. The lowest BCUT2D eigenvalue weighted by Crippen LogP contribution is -2.51. The van der Waals surface area contributed by atoms with Crippen molar-refractivity contribution in [2.45, 2.75) is 58.2 Å². The average Bonchev–Trinajstić information content (AvgIpc) is 2.80. The molecule has 1 aromatic rings. The number of amides is 1. The molecule has 0 radical (unpaired) electrons. The van der Waals surface area contributed by atoms with Crippen LogP contribution in [0.15, 0.2) is 4.47 Å². The van der Waals surface area contributed by atoms with E-state index in [2.05, 4.69) is 26.3 Å². The fourth-order valence-electron chi connectivity index (χ4n) is 5.84. The number of carbonyl (C=O) groups excluding carboxylic acids is 1. The Morgan fingerprint density at radius 2 is 1.77 bits per heavy atom. The second kappa shape index (κ2) is 6.24. The molecule has 5 rings (SSSR count). The molecule has 4 aliphatic carbocycles. The first kappa shape index (κ1) is 18.3. The highest BCUT2D eigenvalue weighted by Crippen LogP contribution is 2.59. The van der Waals surface area contributed by atoms with Crippen molar-refractivity contribution >= 4 is 21.8 Å². The molecule has 8 heteroatoms. The van der Waals surface area contributed by atoms with Gasteiger partial charge in [-0.25, -0.2) is 0 Å². The number of nitrogens with zero attached hydrogens (tertiary/aromatic N) is 2. The molecular formula is C18H23BrF3N3O. The van der Waals surface area contributed by atoms with E-state index >= 15 is 0 Å². The van der Waals surface area contributed by atoms with E-state index in [0.29, 0.717) is 12.2 Å². The Morgan fingerprint density at radius 3 is 2.23 bits per heavy atom. The largest absolute Gasteiger partial charge is 0.436 e. The molecule has 4 saturated carbocycles. The molecule has 1 N–H and O–H groups in total. The van der Waals surface area contributed by atoms with Gasteiger partial charge >= 0.3 is 6.18 Å². The maximum absolute atomic E-state index is 12.9. The molecular weight excluding hydrogens is 411 g/mol. The fourth-order valence-corrected chi connectivity index (χ4v) is 6.35. The van der Waals surface area contributed by atoms with Gasteiger partial charge in [0.1, 0.15) is 6.54 Å². The van der Waals surface area contributed by atoms with E-state index in [1.807, 2.05) is 0 Å². The molecule has 0 aromatic carbocycles. The van der Waals surface area contributed by atoms with Gasteiger partial charge in [-0.1, -0.05) is 0 Å². The number of hydrogen-bond acceptors (Lipinski definition) is 2. The number of carbonyl (C=O) groups is 1. The van der Waals surface area contributed by atoms with E-state index in [4.69, 9.17) is 0 Å². The lowest BCUT2D eigenvalue weighted by molar-refractivity contribution is -0.142. The van der Waals surface area contributed by atoms with Crippen LogP contribution < -0.4 is 5.32 Å². The van der Waals surface area contributed by atoms with E-state index in [9.17, 15) is 18.0 Å². The van der Waals surface area contributed by atoms with Crippen LogP contribution in [-0.2, 0) is 17.5 Å². The van der Waals surface area contributed by atoms with Gasteiger partial charge in [-0.2, -0.15) is 18.3 Å². The van der Waals surface area contributed by atoms with Crippen molar-refractivity contribution < 1.29 is 18.0 Å². The summed E-state index contributed by atoms with van der Waals surface area (Å²) in [4.78, 5) is 12.4. The van der Waals surface area contributed by atoms with Crippen LogP contribution in [-0.4, -0.2) is 22.2 Å². The predicted molar refractivity (Wildman–Crippen MR) is 93.3 cm³/mol. The second-order valence-electron chi connectivity index (χ2n) is 8.60. The molecule has 1 heterocycles. The first-order valence-corrected chi connectivity index (χ1v) is 10.0. The van der Waals surface area contributed by atoms with Crippen LogP contribution in [0.3, 0.4) is 0 Å². The number of hydrogen-bond donors (Lipinski definition) is 1. The van der Waals surface area contributed by atoms with Crippen molar-refractivity contribution in [3.05, 3.63) is 15.9 Å². The Labute approximate surface area is 159 Å². The van der Waals surface area contributed by atoms with Crippen molar-refractivity contribution in [3.8, 4) is 0 Å². The van der Waals surface area contributed by atoms with Crippen LogP contribution in [0.1, 0.15) is 49.9 Å². The Balaban J connectivity index is 1.39. The van der Waals surface area contributed by atoms with Gasteiger partial charge in [0.25, 0.3) is 0 Å². The first-order chi connectivity index (χ1) is 12.2. The SMILES string of the molecule is Cc1c(Br)c(C(F)(F)F)nn1CC(=O)NCC12CC3CC(CC(C3)C1)C2. The summed E-state index contributed by atoms with van der Waals surface area (Å²) in [5.41, 5.74) is -0.465. The van der Waals surface area contributed by atoms with Gasteiger partial charge in [-0.05, 0) is 84.5 Å². The summed E-state index contributed by atoms with van der Waals surface area (Å²) < 4.78 is 39.9. The van der Waals surface area contributed by atoms with E-state index in [0.717, 1.165) is 22.4 Å². The first-order valence-electron chi connectivity index (χ1n) is 9.22. The molecule has 144 valence electrons. The Hall–Kier alpha value is -1.05. The number of halogens is 4. The van der Waals surface area contributed by atoms with Crippen LogP contribution in [0.2, 0.25) is 0 Å². The van der Waals surface area contributed by atoms with Gasteiger partial charge in [0.05, 0.1) is 10.2 Å². The minimum Gasteiger partial charge on any atom is -0.354 e. The molecule has 0 spiro atoms. The summed E-state index contributed by atoms with van der Waals surface area (Å²) in [6.45, 7) is 1.98. The highest BCUT2D eigenvalue weighted by Gasteiger charge is 2.50. The van der Waals surface area contributed by atoms with Gasteiger partial charge < -0.3 is 5.32 Å². The Morgan fingerprint density at radius 1 is 1.23 bits per heavy atom. The zero-order valence-electron chi connectivity index (χ0n) is 14.7. The third kappa shape index (κ3) is 3.29. The standard InChI is InChI=1S/C18H23BrF3N3O/c1-10-15(19)16(18(20,21)22)24-25(10)8-14(26)23-9-17-5-11-2-12(6-17)4-13(3-11)7-17/h11-13H,2-9H2,1H3,(H,23,26). The molecule has 1 amide bonds. The quantitative estimate of drug-likeness (QED) is 0.768. The molecule has 0 atom stereocenters. The molecule has 1 aromatic heterocycles. The Bertz CT molecular complexity index is 693. The zero-order chi connectivity index (χ0) is 18.7. The minimum absolute atomic E-state index is 0.0983. The van der Waals surface area contributed by atoms with Gasteiger partial charge in [0.15, 0.2) is 5.69 Å². The topological polar surface area (TPSA) is 46.9 Å². The minimum atomic E-state index is -4.54. The molecule has 4 fully saturated rings. The molecule has 0 aliphatic heterocycles. The lowest BCUT2D eigenvalue weighted by Gasteiger charge is -2.56. The second-order valence-corrected chi connectivity index (χ2v) is 9.39. The van der Waals surface area contributed by atoms with Gasteiger partial charge in [0.2, 0.25) is 5.91 Å². The predicted octanol–water partition coefficient (Wildman–Crippen LogP) is 4.31. The summed E-state index contributed by atoms with van der Waals surface area (Å²) in [6, 6.07) is 0. The fraction of sp³-hybridized carbons (Fsp3) is 0.778. The van der Waals surface area contributed by atoms with Crippen molar-refractivity contribution in [1.82, 2.24) is 15.1 Å². The van der Waals surface area contributed by atoms with Crippen molar-refractivity contribution in [2.24, 2.45) is 23.2 Å². The van der Waals surface area contributed by atoms with Crippen LogP contribution in [0.5, 0.6) is 0 Å². The van der Waals surface area contributed by atoms with Crippen molar-refractivity contribution in [3.63, 3.8) is 0 Å². The monoisotopic (exact) mass is 433 g/mol. The summed E-state index contributed by atoms with van der Waals surface area (Å²) in [5.74, 6) is 2.14. The Kier molecular flexibility index (Phi) is 4.40. The molecule has 4 bridgehead atoms.